The van der Waals surface area contributed by atoms with Gasteiger partial charge < -0.3 is 14.6 Å². The van der Waals surface area contributed by atoms with Crippen LogP contribution in [-0.4, -0.2) is 37.2 Å². The van der Waals surface area contributed by atoms with Crippen molar-refractivity contribution < 1.29 is 66.0 Å². The van der Waals surface area contributed by atoms with Crippen LogP contribution < -0.4 is 66.0 Å². The maximum atomic E-state index is 10.4. The smallest absolute Gasteiger partial charge is 0.854 e. The van der Waals surface area contributed by atoms with Crippen molar-refractivity contribution in [1.82, 2.24) is 0 Å². The van der Waals surface area contributed by atoms with Crippen molar-refractivity contribution in [2.75, 3.05) is 37.2 Å². The fourth-order valence-corrected chi connectivity index (χ4v) is 4.15. The van der Waals surface area contributed by atoms with Gasteiger partial charge in [0.15, 0.2) is 0 Å². The Balaban J connectivity index is 0.00000480. The fraction of sp³-hybridized carbons (Fsp3) is 0.520. The number of unbranched alkanes of at least 4 members (excludes halogenated alkanes) is 1. The van der Waals surface area contributed by atoms with Gasteiger partial charge in [-0.05, 0) is 66.2 Å². The van der Waals surface area contributed by atoms with Crippen LogP contribution in [0.4, 0.5) is 0 Å². The van der Waals surface area contributed by atoms with E-state index in [0.717, 1.165) is 55.3 Å². The molecule has 3 nitrogen and oxygen atoms in total. The van der Waals surface area contributed by atoms with E-state index in [1.165, 1.54) is 11.1 Å². The van der Waals surface area contributed by atoms with Crippen LogP contribution in [0.3, 0.4) is 0 Å². The van der Waals surface area contributed by atoms with Crippen LogP contribution in [0.25, 0.3) is 0 Å². The molecular weight excluding hydrogens is 455 g/mol. The molecule has 2 aromatic rings. The Morgan fingerprint density at radius 3 is 1.74 bits per heavy atom. The summed E-state index contributed by atoms with van der Waals surface area (Å²) in [6, 6.07) is 16.7. The van der Waals surface area contributed by atoms with Crippen molar-refractivity contribution >= 4 is 23.4 Å². The zero-order valence-corrected chi connectivity index (χ0v) is 23.9. The largest absolute Gasteiger partial charge is 1.00 e. The number of halogens is 1. The molecule has 0 bridgehead atoms. The number of benzene rings is 2. The van der Waals surface area contributed by atoms with Gasteiger partial charge in [0.1, 0.15) is 11.5 Å². The van der Waals surface area contributed by atoms with Gasteiger partial charge in [-0.2, -0.15) is 11.8 Å². The third-order valence-electron chi connectivity index (χ3n) is 5.08. The zero-order chi connectivity index (χ0) is 21.7. The number of hydrogen-bond acceptors (Lipinski definition) is 4. The molecule has 31 heavy (non-hydrogen) atoms. The SMILES string of the molecule is CC(C)(c1ccc(OCCCCl)cc1)c1ccc(OCCCSCCCC[O-])cc1.[K+]. The van der Waals surface area contributed by atoms with Crippen LogP contribution in [0.5, 0.6) is 11.5 Å². The van der Waals surface area contributed by atoms with Crippen molar-refractivity contribution in [2.24, 2.45) is 0 Å². The van der Waals surface area contributed by atoms with Gasteiger partial charge in [-0.15, -0.1) is 18.2 Å². The van der Waals surface area contributed by atoms with E-state index in [-0.39, 0.29) is 63.4 Å². The molecule has 2 aromatic carbocycles. The van der Waals surface area contributed by atoms with Crippen LogP contribution in [0.1, 0.15) is 50.7 Å². The molecule has 0 spiro atoms. The molecule has 0 fully saturated rings. The monoisotopic (exact) mass is 488 g/mol. The quantitative estimate of drug-likeness (QED) is 0.219. The number of ether oxygens (including phenoxy) is 2. The molecule has 2 rings (SSSR count). The minimum absolute atomic E-state index is 0. The standard InChI is InChI=1S/C25H34ClO3S.K/c1-25(2,21-7-11-23(12-8-21)28-17-5-15-26)22-9-13-24(14-10-22)29-18-6-20-30-19-4-3-16-27;/h7-14H,3-6,15-20H2,1-2H3;/q-1;+1. The van der Waals surface area contributed by atoms with Gasteiger partial charge in [-0.25, -0.2) is 0 Å². The summed E-state index contributed by atoms with van der Waals surface area (Å²) in [5.74, 6) is 4.57. The number of alkyl halides is 1. The molecule has 0 radical (unpaired) electrons. The first-order chi connectivity index (χ1) is 14.6. The van der Waals surface area contributed by atoms with E-state index >= 15 is 0 Å². The summed E-state index contributed by atoms with van der Waals surface area (Å²) in [7, 11) is 0. The molecule has 0 aliphatic carbocycles. The van der Waals surface area contributed by atoms with Gasteiger partial charge >= 0.3 is 51.4 Å². The first kappa shape index (κ1) is 29.3. The predicted octanol–water partition coefficient (Wildman–Crippen LogP) is 2.67. The maximum Gasteiger partial charge on any atom is 1.00 e. The van der Waals surface area contributed by atoms with Crippen molar-refractivity contribution in [2.45, 2.75) is 44.9 Å². The Morgan fingerprint density at radius 2 is 1.26 bits per heavy atom. The van der Waals surface area contributed by atoms with Crippen LogP contribution in [0.2, 0.25) is 0 Å². The van der Waals surface area contributed by atoms with Crippen LogP contribution in [0, 0.1) is 0 Å². The van der Waals surface area contributed by atoms with Crippen molar-refractivity contribution in [3.63, 3.8) is 0 Å². The first-order valence-electron chi connectivity index (χ1n) is 10.8. The van der Waals surface area contributed by atoms with Gasteiger partial charge in [0.25, 0.3) is 0 Å². The predicted molar refractivity (Wildman–Crippen MR) is 127 cm³/mol. The minimum atomic E-state index is -0.103. The summed E-state index contributed by atoms with van der Waals surface area (Å²) in [6.07, 6.45) is 3.69. The second-order valence-corrected chi connectivity index (χ2v) is 9.39. The Labute approximate surface area is 240 Å². The molecule has 0 atom stereocenters. The van der Waals surface area contributed by atoms with Crippen molar-refractivity contribution in [3.05, 3.63) is 59.7 Å². The van der Waals surface area contributed by atoms with Gasteiger partial charge in [0.05, 0.1) is 13.2 Å². The average molecular weight is 489 g/mol. The topological polar surface area (TPSA) is 41.5 Å². The van der Waals surface area contributed by atoms with Gasteiger partial charge in [-0.1, -0.05) is 44.5 Å². The molecule has 166 valence electrons. The normalized spacial score (nSPS) is 11.1. The van der Waals surface area contributed by atoms with Gasteiger partial charge in [0, 0.05) is 11.3 Å². The van der Waals surface area contributed by atoms with E-state index < -0.39 is 0 Å². The van der Waals surface area contributed by atoms with E-state index in [9.17, 15) is 5.11 Å². The summed E-state index contributed by atoms with van der Waals surface area (Å²) in [4.78, 5) is 0. The Bertz CT molecular complexity index is 708. The molecule has 0 N–H and O–H groups in total. The summed E-state index contributed by atoms with van der Waals surface area (Å²) >= 11 is 7.60. The van der Waals surface area contributed by atoms with E-state index in [1.807, 2.05) is 23.9 Å². The van der Waals surface area contributed by atoms with E-state index in [4.69, 9.17) is 21.1 Å². The molecule has 0 saturated heterocycles. The van der Waals surface area contributed by atoms with Crippen molar-refractivity contribution in [3.8, 4) is 11.5 Å². The number of hydrogen-bond donors (Lipinski definition) is 0. The van der Waals surface area contributed by atoms with Gasteiger partial charge in [0.2, 0.25) is 0 Å². The molecule has 0 aliphatic rings. The Hall–Kier alpha value is 0.276. The summed E-state index contributed by atoms with van der Waals surface area (Å²) in [5, 5.41) is 10.4. The first-order valence-corrected chi connectivity index (χ1v) is 12.5. The fourth-order valence-electron chi connectivity index (χ4n) is 3.11. The zero-order valence-electron chi connectivity index (χ0n) is 19.2. The van der Waals surface area contributed by atoms with Gasteiger partial charge in [-0.3, -0.25) is 0 Å². The second kappa shape index (κ2) is 16.8. The number of thioether (sulfide) groups is 1. The van der Waals surface area contributed by atoms with Crippen LogP contribution in [-0.2, 0) is 5.41 Å². The third kappa shape index (κ3) is 10.8. The molecule has 0 heterocycles. The number of rotatable bonds is 15. The van der Waals surface area contributed by atoms with Crippen LogP contribution in [0.15, 0.2) is 48.5 Å². The molecular formula is C25H34ClKO3S. The van der Waals surface area contributed by atoms with E-state index in [1.54, 1.807) is 0 Å². The third-order valence-corrected chi connectivity index (χ3v) is 6.51. The molecule has 0 aromatic heterocycles. The summed E-state index contributed by atoms with van der Waals surface area (Å²) in [6.45, 7) is 5.88. The molecule has 0 saturated carbocycles. The molecule has 0 aliphatic heterocycles. The summed E-state index contributed by atoms with van der Waals surface area (Å²) < 4.78 is 11.6. The van der Waals surface area contributed by atoms with E-state index in [0.29, 0.717) is 12.5 Å². The maximum absolute atomic E-state index is 10.4. The average Bonchev–Trinajstić information content (AvgIpc) is 2.76. The molecule has 0 amide bonds. The summed E-state index contributed by atoms with van der Waals surface area (Å²) in [5.41, 5.74) is 2.39. The Kier molecular flexibility index (Phi) is 15.9. The second-order valence-electron chi connectivity index (χ2n) is 7.79. The van der Waals surface area contributed by atoms with E-state index in [2.05, 4.69) is 50.2 Å². The Morgan fingerprint density at radius 1 is 0.774 bits per heavy atom. The molecule has 6 heteroatoms. The minimum Gasteiger partial charge on any atom is -0.854 e. The molecule has 0 unspecified atom stereocenters. The van der Waals surface area contributed by atoms with Crippen molar-refractivity contribution in [1.29, 1.82) is 0 Å². The van der Waals surface area contributed by atoms with Crippen LogP contribution >= 0.6 is 23.4 Å².